The molecular formula is C22H25NO3. The highest BCUT2D eigenvalue weighted by atomic mass is 16.5. The first-order valence-electron chi connectivity index (χ1n) is 9.29. The Morgan fingerprint density at radius 1 is 1.04 bits per heavy atom. The first-order chi connectivity index (χ1) is 12.8. The van der Waals surface area contributed by atoms with Gasteiger partial charge in [0.1, 0.15) is 11.5 Å². The van der Waals surface area contributed by atoms with Crippen LogP contribution in [0.3, 0.4) is 0 Å². The maximum absolute atomic E-state index is 8.95. The molecule has 0 spiro atoms. The largest absolute Gasteiger partial charge is 0.497 e. The van der Waals surface area contributed by atoms with Crippen LogP contribution in [0.1, 0.15) is 24.8 Å². The van der Waals surface area contributed by atoms with E-state index in [9.17, 15) is 0 Å². The molecule has 0 amide bonds. The predicted molar refractivity (Wildman–Crippen MR) is 103 cm³/mol. The number of nitrogens with zero attached hydrogens (tertiary/aromatic N) is 1. The lowest BCUT2D eigenvalue weighted by Crippen LogP contribution is -2.41. The van der Waals surface area contributed by atoms with Gasteiger partial charge in [0.25, 0.3) is 0 Å². The lowest BCUT2D eigenvalue weighted by molar-refractivity contribution is 0.233. The summed E-state index contributed by atoms with van der Waals surface area (Å²) in [6.07, 6.45) is 2.99. The first kappa shape index (κ1) is 17.0. The number of ether oxygens (including phenoxy) is 2. The quantitative estimate of drug-likeness (QED) is 0.807. The van der Waals surface area contributed by atoms with E-state index in [1.54, 1.807) is 7.11 Å². The summed E-state index contributed by atoms with van der Waals surface area (Å²) in [6, 6.07) is 14.7. The standard InChI is InChI=1S/C22H25NO3/c1-25-17-7-5-16(6-8-17)21-15-23-11-2-4-22(23)20-14-18(9-10-19(20)21)26-13-3-12-24/h5-10,14,24H,2-4,11-13,15H2,1H3. The van der Waals surface area contributed by atoms with Crippen molar-refractivity contribution in [2.24, 2.45) is 0 Å². The van der Waals surface area contributed by atoms with Crippen LogP contribution in [-0.4, -0.2) is 43.4 Å². The molecule has 0 radical (unpaired) electrons. The molecule has 0 bridgehead atoms. The smallest absolute Gasteiger partial charge is 0.119 e. The topological polar surface area (TPSA) is 41.9 Å². The average Bonchev–Trinajstić information content (AvgIpc) is 3.16. The Hall–Kier alpha value is -2.46. The van der Waals surface area contributed by atoms with Crippen LogP contribution in [0.4, 0.5) is 0 Å². The van der Waals surface area contributed by atoms with E-state index in [0.29, 0.717) is 13.0 Å². The molecule has 1 N–H and O–H groups in total. The third-order valence-corrected chi connectivity index (χ3v) is 5.21. The number of rotatable bonds is 6. The third-order valence-electron chi connectivity index (χ3n) is 5.21. The van der Waals surface area contributed by atoms with E-state index < -0.39 is 0 Å². The second kappa shape index (κ2) is 7.42. The van der Waals surface area contributed by atoms with E-state index in [1.807, 2.05) is 18.2 Å². The molecule has 0 unspecified atom stereocenters. The molecule has 2 aromatic rings. The van der Waals surface area contributed by atoms with Crippen LogP contribution >= 0.6 is 0 Å². The Balaban J connectivity index is 1.81. The van der Waals surface area contributed by atoms with Crippen LogP contribution in [0, 0.1) is 0 Å². The van der Waals surface area contributed by atoms with Crippen molar-refractivity contribution in [2.45, 2.75) is 19.3 Å². The molecule has 2 aromatic carbocycles. The molecule has 26 heavy (non-hydrogen) atoms. The number of aliphatic hydroxyl groups is 1. The van der Waals surface area contributed by atoms with Crippen molar-refractivity contribution in [2.75, 3.05) is 33.4 Å². The van der Waals surface area contributed by atoms with Gasteiger partial charge in [0.2, 0.25) is 0 Å². The van der Waals surface area contributed by atoms with E-state index in [2.05, 4.69) is 29.2 Å². The molecule has 1 saturated heterocycles. The molecule has 1 fully saturated rings. The molecular weight excluding hydrogens is 326 g/mol. The summed E-state index contributed by atoms with van der Waals surface area (Å²) in [5.74, 6) is 1.76. The molecule has 4 rings (SSSR count). The number of aliphatic hydroxyl groups excluding tert-OH is 1. The first-order valence-corrected chi connectivity index (χ1v) is 9.29. The second-order valence-electron chi connectivity index (χ2n) is 6.81. The number of hydrogen-bond donors (Lipinski definition) is 1. The molecule has 4 heteroatoms. The fourth-order valence-corrected chi connectivity index (χ4v) is 3.89. The summed E-state index contributed by atoms with van der Waals surface area (Å²) in [5, 5.41) is 11.6. The SMILES string of the molecule is COc1ccc(C2=c3ccc(OCCCO)cc3=C3CCCN3C2)cc1. The third kappa shape index (κ3) is 3.17. The van der Waals surface area contributed by atoms with E-state index >= 15 is 0 Å². The van der Waals surface area contributed by atoms with Crippen LogP contribution < -0.4 is 19.9 Å². The van der Waals surface area contributed by atoms with Gasteiger partial charge in [-0.1, -0.05) is 18.2 Å². The molecule has 2 heterocycles. The summed E-state index contributed by atoms with van der Waals surface area (Å²) in [7, 11) is 1.70. The Bertz CT molecular complexity index is 902. The predicted octanol–water partition coefficient (Wildman–Crippen LogP) is 1.87. The Morgan fingerprint density at radius 2 is 1.85 bits per heavy atom. The van der Waals surface area contributed by atoms with Crippen LogP contribution in [0.5, 0.6) is 11.5 Å². The van der Waals surface area contributed by atoms with Crippen molar-refractivity contribution in [1.82, 2.24) is 4.90 Å². The van der Waals surface area contributed by atoms with Crippen molar-refractivity contribution >= 4 is 11.3 Å². The van der Waals surface area contributed by atoms with Crippen LogP contribution in [0.25, 0.3) is 11.3 Å². The van der Waals surface area contributed by atoms with Gasteiger partial charge in [0.05, 0.1) is 13.7 Å². The van der Waals surface area contributed by atoms with Crippen molar-refractivity contribution < 1.29 is 14.6 Å². The molecule has 2 aliphatic rings. The van der Waals surface area contributed by atoms with Gasteiger partial charge in [-0.3, -0.25) is 0 Å². The molecule has 0 atom stereocenters. The summed E-state index contributed by atoms with van der Waals surface area (Å²) in [6.45, 7) is 2.78. The molecule has 0 aliphatic carbocycles. The van der Waals surface area contributed by atoms with Crippen LogP contribution in [0.2, 0.25) is 0 Å². The molecule has 136 valence electrons. The fourth-order valence-electron chi connectivity index (χ4n) is 3.89. The highest BCUT2D eigenvalue weighted by Gasteiger charge is 2.24. The van der Waals surface area contributed by atoms with Crippen molar-refractivity contribution in [3.63, 3.8) is 0 Å². The zero-order valence-corrected chi connectivity index (χ0v) is 15.2. The van der Waals surface area contributed by atoms with Gasteiger partial charge < -0.3 is 19.5 Å². The lowest BCUT2D eigenvalue weighted by Gasteiger charge is -2.27. The Kier molecular flexibility index (Phi) is 4.85. The highest BCUT2D eigenvalue weighted by molar-refractivity contribution is 5.72. The van der Waals surface area contributed by atoms with Crippen molar-refractivity contribution in [3.8, 4) is 11.5 Å². The lowest BCUT2D eigenvalue weighted by atomic mass is 9.97. The summed E-state index contributed by atoms with van der Waals surface area (Å²) >= 11 is 0. The number of fused-ring (bicyclic) bond motifs is 2. The van der Waals surface area contributed by atoms with Crippen LogP contribution in [0.15, 0.2) is 42.5 Å². The minimum atomic E-state index is 0.158. The monoisotopic (exact) mass is 351 g/mol. The van der Waals surface area contributed by atoms with Gasteiger partial charge in [-0.05, 0) is 53.5 Å². The van der Waals surface area contributed by atoms with E-state index in [0.717, 1.165) is 31.0 Å². The maximum atomic E-state index is 8.95. The van der Waals surface area contributed by atoms with Crippen LogP contribution in [-0.2, 0) is 0 Å². The van der Waals surface area contributed by atoms with Gasteiger partial charge in [-0.25, -0.2) is 0 Å². The number of methoxy groups -OCH3 is 1. The summed E-state index contributed by atoms with van der Waals surface area (Å²) in [4.78, 5) is 2.50. The van der Waals surface area contributed by atoms with Crippen molar-refractivity contribution in [3.05, 3.63) is 58.5 Å². The van der Waals surface area contributed by atoms with Gasteiger partial charge in [-0.2, -0.15) is 0 Å². The zero-order valence-electron chi connectivity index (χ0n) is 15.2. The van der Waals surface area contributed by atoms with Gasteiger partial charge in [-0.15, -0.1) is 0 Å². The van der Waals surface area contributed by atoms with Gasteiger partial charge in [0.15, 0.2) is 0 Å². The maximum Gasteiger partial charge on any atom is 0.119 e. The highest BCUT2D eigenvalue weighted by Crippen LogP contribution is 2.27. The van der Waals surface area contributed by atoms with Gasteiger partial charge >= 0.3 is 0 Å². The normalized spacial score (nSPS) is 15.7. The average molecular weight is 351 g/mol. The van der Waals surface area contributed by atoms with Crippen molar-refractivity contribution in [1.29, 1.82) is 0 Å². The minimum absolute atomic E-state index is 0.158. The number of benzene rings is 2. The minimum Gasteiger partial charge on any atom is -0.497 e. The zero-order chi connectivity index (χ0) is 17.9. The Morgan fingerprint density at radius 3 is 2.62 bits per heavy atom. The fraction of sp³-hybridized carbons (Fsp3) is 0.364. The Labute approximate surface area is 154 Å². The molecule has 0 saturated carbocycles. The van der Waals surface area contributed by atoms with E-state index in [-0.39, 0.29) is 6.61 Å². The van der Waals surface area contributed by atoms with E-state index in [1.165, 1.54) is 33.7 Å². The van der Waals surface area contributed by atoms with E-state index in [4.69, 9.17) is 14.6 Å². The number of hydrogen-bond acceptors (Lipinski definition) is 4. The summed E-state index contributed by atoms with van der Waals surface area (Å²) in [5.41, 5.74) is 4.03. The second-order valence-corrected chi connectivity index (χ2v) is 6.81. The molecule has 0 aromatic heterocycles. The molecule has 2 aliphatic heterocycles. The summed E-state index contributed by atoms with van der Waals surface area (Å²) < 4.78 is 11.1. The van der Waals surface area contributed by atoms with Gasteiger partial charge in [0, 0.05) is 37.0 Å². The molecule has 4 nitrogen and oxygen atoms in total.